The van der Waals surface area contributed by atoms with Gasteiger partial charge in [-0.05, 0) is 81.5 Å². The minimum Gasteiger partial charge on any atom is -0.388 e. The number of nitrogens with zero attached hydrogens (tertiary/aromatic N) is 4. The van der Waals surface area contributed by atoms with Crippen molar-refractivity contribution in [2.24, 2.45) is 0 Å². The van der Waals surface area contributed by atoms with Gasteiger partial charge >= 0.3 is 0 Å². The van der Waals surface area contributed by atoms with Crippen LogP contribution in [0.1, 0.15) is 83.3 Å². The molecule has 4 amide bonds. The Bertz CT molecular complexity index is 2680. The van der Waals surface area contributed by atoms with Crippen molar-refractivity contribution in [2.75, 3.05) is 76.6 Å². The number of sulfonamides is 1. The number of benzene rings is 2. The standard InChI is InChI=1S/C44H52F2N8O12S/c1-26-23-28(8-9-31(26)50-43-48-25-27-24-30(37(45)46)41(58)54(38(27)52-43)34-7-4-12-44(34,2)60)67(61,62)49-14-16-64-18-20-66-22-21-65-19-17-63-15-13-47-32-6-3-5-29-36(32)42(59)53(40(29)57)33-10-11-35(55)51-39(33)56/h3,5-6,8-9,23-25,33-34,37,47,49,60H,4,7,10-22H2,1-2H3,(H,48,50,52)(H,51,55,56)/t33?,34-,44-/m1/s1. The van der Waals surface area contributed by atoms with Crippen molar-refractivity contribution in [1.29, 1.82) is 0 Å². The largest absolute Gasteiger partial charge is 0.388 e. The zero-order valence-corrected chi connectivity index (χ0v) is 37.7. The fourth-order valence-corrected chi connectivity index (χ4v) is 9.36. The second-order valence-electron chi connectivity index (χ2n) is 16.4. The average Bonchev–Trinajstić information content (AvgIpc) is 3.77. The van der Waals surface area contributed by atoms with E-state index in [-0.39, 0.29) is 78.8 Å². The van der Waals surface area contributed by atoms with Gasteiger partial charge in [-0.25, -0.2) is 26.9 Å². The number of pyridine rings is 1. The highest BCUT2D eigenvalue weighted by Gasteiger charge is 2.46. The Morgan fingerprint density at radius 3 is 2.22 bits per heavy atom. The first-order chi connectivity index (χ1) is 32.1. The van der Waals surface area contributed by atoms with Crippen LogP contribution in [0.5, 0.6) is 0 Å². The Morgan fingerprint density at radius 2 is 1.58 bits per heavy atom. The first kappa shape index (κ1) is 49.1. The number of imide groups is 2. The third-order valence-corrected chi connectivity index (χ3v) is 13.1. The van der Waals surface area contributed by atoms with Gasteiger partial charge in [0.25, 0.3) is 23.8 Å². The number of carbonyl (C=O) groups is 4. The summed E-state index contributed by atoms with van der Waals surface area (Å²) in [6, 6.07) is 8.46. The number of anilines is 3. The maximum absolute atomic E-state index is 13.8. The van der Waals surface area contributed by atoms with Gasteiger partial charge in [0.1, 0.15) is 11.7 Å². The van der Waals surface area contributed by atoms with Gasteiger partial charge in [-0.1, -0.05) is 6.07 Å². The number of alkyl halides is 2. The number of hydrogen-bond acceptors (Lipinski definition) is 16. The van der Waals surface area contributed by atoms with Crippen molar-refractivity contribution >= 4 is 62.0 Å². The second-order valence-corrected chi connectivity index (χ2v) is 18.1. The molecule has 3 atom stereocenters. The topological polar surface area (TPSA) is 259 Å². The van der Waals surface area contributed by atoms with Crippen LogP contribution in [0.2, 0.25) is 0 Å². The van der Waals surface area contributed by atoms with E-state index >= 15 is 0 Å². The number of aliphatic hydroxyl groups is 1. The lowest BCUT2D eigenvalue weighted by atomic mass is 9.99. The molecule has 0 spiro atoms. The molecule has 1 unspecified atom stereocenters. The van der Waals surface area contributed by atoms with Crippen LogP contribution in [0.25, 0.3) is 11.0 Å². The molecule has 360 valence electrons. The quantitative estimate of drug-likeness (QED) is 0.0529. The van der Waals surface area contributed by atoms with E-state index in [4.69, 9.17) is 18.9 Å². The minimum atomic E-state index is -3.91. The first-order valence-corrected chi connectivity index (χ1v) is 23.2. The third kappa shape index (κ3) is 11.3. The second kappa shape index (κ2) is 21.4. The lowest BCUT2D eigenvalue weighted by Crippen LogP contribution is -2.54. The Kier molecular flexibility index (Phi) is 15.7. The molecular weight excluding hydrogens is 903 g/mol. The average molecular weight is 955 g/mol. The van der Waals surface area contributed by atoms with E-state index in [1.54, 1.807) is 26.0 Å². The zero-order valence-electron chi connectivity index (χ0n) is 36.8. The van der Waals surface area contributed by atoms with Crippen molar-refractivity contribution in [2.45, 2.75) is 75.0 Å². The van der Waals surface area contributed by atoms with Crippen molar-refractivity contribution in [3.8, 4) is 0 Å². The van der Waals surface area contributed by atoms with Crippen LogP contribution < -0.4 is 26.2 Å². The summed E-state index contributed by atoms with van der Waals surface area (Å²) in [6.45, 7) is 5.62. The smallest absolute Gasteiger partial charge is 0.269 e. The fourth-order valence-electron chi connectivity index (χ4n) is 8.26. The highest BCUT2D eigenvalue weighted by atomic mass is 32.2. The molecule has 4 heterocycles. The van der Waals surface area contributed by atoms with E-state index < -0.39 is 68.9 Å². The van der Waals surface area contributed by atoms with E-state index in [9.17, 15) is 46.3 Å². The van der Waals surface area contributed by atoms with Crippen molar-refractivity contribution < 1.29 is 60.4 Å². The van der Waals surface area contributed by atoms with Crippen LogP contribution in [-0.4, -0.2) is 134 Å². The molecule has 0 bridgehead atoms. The Morgan fingerprint density at radius 1 is 0.896 bits per heavy atom. The molecule has 4 aromatic rings. The number of fused-ring (bicyclic) bond motifs is 2. The number of ether oxygens (including phenoxy) is 4. The van der Waals surface area contributed by atoms with Gasteiger partial charge in [0.05, 0.1) is 86.1 Å². The predicted octanol–water partition coefficient (Wildman–Crippen LogP) is 3.12. The number of piperidine rings is 1. The van der Waals surface area contributed by atoms with Crippen molar-refractivity contribution in [3.63, 3.8) is 0 Å². The van der Waals surface area contributed by atoms with Crippen molar-refractivity contribution in [3.05, 3.63) is 81.3 Å². The first-order valence-electron chi connectivity index (χ1n) is 21.8. The number of amides is 4. The molecule has 5 N–H and O–H groups in total. The molecule has 2 aliphatic heterocycles. The van der Waals surface area contributed by atoms with E-state index in [0.29, 0.717) is 69.2 Å². The molecule has 67 heavy (non-hydrogen) atoms. The molecule has 2 aromatic carbocycles. The molecule has 2 aromatic heterocycles. The van der Waals surface area contributed by atoms with Crippen LogP contribution in [-0.2, 0) is 38.6 Å². The Labute approximate surface area is 383 Å². The third-order valence-electron chi connectivity index (χ3n) is 11.7. The predicted molar refractivity (Wildman–Crippen MR) is 237 cm³/mol. The van der Waals surface area contributed by atoms with E-state index in [1.165, 1.54) is 30.5 Å². The molecule has 7 rings (SSSR count). The number of aromatic nitrogens is 3. The van der Waals surface area contributed by atoms with Gasteiger partial charge in [0.2, 0.25) is 27.8 Å². The lowest BCUT2D eigenvalue weighted by molar-refractivity contribution is -0.136. The van der Waals surface area contributed by atoms with Gasteiger partial charge < -0.3 is 34.7 Å². The lowest BCUT2D eigenvalue weighted by Gasteiger charge is -2.28. The summed E-state index contributed by atoms with van der Waals surface area (Å²) in [6.07, 6.45) is -0.206. The Hall–Kier alpha value is -5.82. The summed E-state index contributed by atoms with van der Waals surface area (Å²) in [4.78, 5) is 73.0. The summed E-state index contributed by atoms with van der Waals surface area (Å²) in [5, 5.41) is 19.5. The zero-order chi connectivity index (χ0) is 47.9. The number of nitrogens with one attached hydrogen (secondary N) is 4. The molecule has 2 fully saturated rings. The molecule has 20 nitrogen and oxygen atoms in total. The van der Waals surface area contributed by atoms with Gasteiger partial charge in [-0.15, -0.1) is 0 Å². The van der Waals surface area contributed by atoms with Crippen LogP contribution in [0, 0.1) is 6.92 Å². The van der Waals surface area contributed by atoms with Gasteiger partial charge in [0, 0.05) is 42.5 Å². The van der Waals surface area contributed by atoms with Gasteiger partial charge in [-0.3, -0.25) is 38.8 Å². The highest BCUT2D eigenvalue weighted by molar-refractivity contribution is 7.89. The van der Waals surface area contributed by atoms with Gasteiger partial charge in [0.15, 0.2) is 0 Å². The number of hydrogen-bond donors (Lipinski definition) is 5. The summed E-state index contributed by atoms with van der Waals surface area (Å²) >= 11 is 0. The molecular formula is C44H52F2N8O12S. The molecule has 3 aliphatic rings. The molecule has 1 saturated heterocycles. The molecule has 23 heteroatoms. The van der Waals surface area contributed by atoms with Gasteiger partial charge in [-0.2, -0.15) is 4.98 Å². The van der Waals surface area contributed by atoms with Crippen LogP contribution in [0.3, 0.4) is 0 Å². The number of aryl methyl sites for hydroxylation is 1. The van der Waals surface area contributed by atoms with Crippen LogP contribution in [0.4, 0.5) is 26.1 Å². The monoisotopic (exact) mass is 954 g/mol. The fraction of sp³-hybridized carbons (Fsp3) is 0.477. The summed E-state index contributed by atoms with van der Waals surface area (Å²) < 4.78 is 79.5. The minimum absolute atomic E-state index is 0.00229. The normalized spacial score (nSPS) is 19.7. The van der Waals surface area contributed by atoms with E-state index in [0.717, 1.165) is 15.5 Å². The maximum Gasteiger partial charge on any atom is 0.269 e. The summed E-state index contributed by atoms with van der Waals surface area (Å²) in [7, 11) is -3.91. The van der Waals surface area contributed by atoms with Crippen LogP contribution >= 0.6 is 0 Å². The van der Waals surface area contributed by atoms with Crippen molar-refractivity contribution in [1.82, 2.24) is 29.5 Å². The summed E-state index contributed by atoms with van der Waals surface area (Å²) in [5.41, 5.74) is -1.06. The maximum atomic E-state index is 13.8. The van der Waals surface area contributed by atoms with E-state index in [1.807, 2.05) is 0 Å². The number of carbonyl (C=O) groups excluding carboxylic acids is 4. The SMILES string of the molecule is Cc1cc(S(=O)(=O)NCCOCCOCCOCCOCCNc2cccc3c2C(=O)N(C2CCC(=O)NC2=O)C3=O)ccc1Nc1ncc2cc(C(F)F)c(=O)n([C@@H]3CCC[C@@]3(C)O)c2n1. The Balaban J connectivity index is 0.757. The summed E-state index contributed by atoms with van der Waals surface area (Å²) in [5.74, 6) is -2.25. The molecule has 1 aliphatic carbocycles. The molecule has 0 radical (unpaired) electrons. The van der Waals surface area contributed by atoms with E-state index in [2.05, 4.69) is 30.6 Å². The van der Waals surface area contributed by atoms with Crippen LogP contribution in [0.15, 0.2) is 58.4 Å². The number of halogens is 2. The highest BCUT2D eigenvalue weighted by Crippen LogP contribution is 2.40. The number of rotatable bonds is 23. The molecule has 1 saturated carbocycles.